The Balaban J connectivity index is 1.44. The summed E-state index contributed by atoms with van der Waals surface area (Å²) in [6, 6.07) is 4.98. The van der Waals surface area contributed by atoms with Crippen LogP contribution in [0.2, 0.25) is 5.02 Å². The van der Waals surface area contributed by atoms with Crippen LogP contribution in [0.5, 0.6) is 0 Å². The van der Waals surface area contributed by atoms with Gasteiger partial charge in [0, 0.05) is 50.4 Å². The molecule has 2 aliphatic heterocycles. The number of hydrogen-bond donors (Lipinski definition) is 2. The Morgan fingerprint density at radius 3 is 2.82 bits per heavy atom. The average molecular weight is 411 g/mol. The van der Waals surface area contributed by atoms with Gasteiger partial charge in [-0.15, -0.1) is 0 Å². The van der Waals surface area contributed by atoms with E-state index in [1.807, 2.05) is 0 Å². The van der Waals surface area contributed by atoms with Crippen LogP contribution in [0.1, 0.15) is 31.7 Å². The summed E-state index contributed by atoms with van der Waals surface area (Å²) in [5.41, 5.74) is 0.923. The molecule has 1 aromatic carbocycles. The SMILES string of the molecule is CCNC(=NCCc1ccc(F)cc1Cl)NC1CCN(CC2CCOC2)CC1. The van der Waals surface area contributed by atoms with Crippen LogP contribution in [0.15, 0.2) is 23.2 Å². The van der Waals surface area contributed by atoms with Crippen molar-refractivity contribution in [3.8, 4) is 0 Å². The summed E-state index contributed by atoms with van der Waals surface area (Å²) >= 11 is 6.10. The van der Waals surface area contributed by atoms with E-state index in [0.717, 1.165) is 57.2 Å². The summed E-state index contributed by atoms with van der Waals surface area (Å²) in [4.78, 5) is 7.25. The maximum Gasteiger partial charge on any atom is 0.191 e. The fraction of sp³-hybridized carbons (Fsp3) is 0.667. The summed E-state index contributed by atoms with van der Waals surface area (Å²) < 4.78 is 18.7. The van der Waals surface area contributed by atoms with Gasteiger partial charge < -0.3 is 20.3 Å². The first kappa shape index (κ1) is 21.3. The number of ether oxygens (including phenoxy) is 1. The van der Waals surface area contributed by atoms with E-state index < -0.39 is 0 Å². The summed E-state index contributed by atoms with van der Waals surface area (Å²) in [5.74, 6) is 1.25. The minimum atomic E-state index is -0.306. The highest BCUT2D eigenvalue weighted by atomic mass is 35.5. The number of benzene rings is 1. The molecule has 2 aliphatic rings. The Morgan fingerprint density at radius 1 is 1.32 bits per heavy atom. The zero-order valence-electron chi connectivity index (χ0n) is 16.7. The van der Waals surface area contributed by atoms with Crippen molar-refractivity contribution < 1.29 is 9.13 Å². The molecule has 2 heterocycles. The monoisotopic (exact) mass is 410 g/mol. The Hall–Kier alpha value is -1.37. The number of piperidine rings is 1. The van der Waals surface area contributed by atoms with Gasteiger partial charge in [-0.1, -0.05) is 17.7 Å². The van der Waals surface area contributed by atoms with Gasteiger partial charge in [0.15, 0.2) is 5.96 Å². The third-order valence-electron chi connectivity index (χ3n) is 5.48. The predicted molar refractivity (Wildman–Crippen MR) is 113 cm³/mol. The Kier molecular flexibility index (Phi) is 8.37. The van der Waals surface area contributed by atoms with Crippen molar-refractivity contribution in [2.75, 3.05) is 45.9 Å². The van der Waals surface area contributed by atoms with E-state index in [0.29, 0.717) is 29.9 Å². The van der Waals surface area contributed by atoms with Crippen molar-refractivity contribution in [2.24, 2.45) is 10.9 Å². The van der Waals surface area contributed by atoms with E-state index in [4.69, 9.17) is 16.3 Å². The van der Waals surface area contributed by atoms with Crippen LogP contribution in [-0.2, 0) is 11.2 Å². The van der Waals surface area contributed by atoms with Crippen molar-refractivity contribution in [1.29, 1.82) is 0 Å². The quantitative estimate of drug-likeness (QED) is 0.535. The first-order valence-electron chi connectivity index (χ1n) is 10.4. The molecule has 0 radical (unpaired) electrons. The normalized spacial score (nSPS) is 21.8. The largest absolute Gasteiger partial charge is 0.381 e. The second-order valence-electron chi connectivity index (χ2n) is 7.70. The molecule has 2 N–H and O–H groups in total. The van der Waals surface area contributed by atoms with Gasteiger partial charge in [0.05, 0.1) is 6.61 Å². The molecule has 5 nitrogen and oxygen atoms in total. The highest BCUT2D eigenvalue weighted by molar-refractivity contribution is 6.31. The van der Waals surface area contributed by atoms with Crippen molar-refractivity contribution in [2.45, 2.75) is 38.6 Å². The first-order valence-corrected chi connectivity index (χ1v) is 10.8. The number of halogens is 2. The smallest absolute Gasteiger partial charge is 0.191 e. The maximum absolute atomic E-state index is 13.2. The number of guanidine groups is 1. The molecule has 2 fully saturated rings. The number of aliphatic imine (C=N–C) groups is 1. The predicted octanol–water partition coefficient (Wildman–Crippen LogP) is 3.08. The molecule has 7 heteroatoms. The average Bonchev–Trinajstić information content (AvgIpc) is 3.18. The van der Waals surface area contributed by atoms with Gasteiger partial charge in [0.1, 0.15) is 5.82 Å². The van der Waals surface area contributed by atoms with Gasteiger partial charge in [-0.2, -0.15) is 0 Å². The van der Waals surface area contributed by atoms with E-state index in [9.17, 15) is 4.39 Å². The lowest BCUT2D eigenvalue weighted by molar-refractivity contribution is 0.150. The molecule has 0 saturated carbocycles. The van der Waals surface area contributed by atoms with Gasteiger partial charge in [-0.3, -0.25) is 4.99 Å². The van der Waals surface area contributed by atoms with Crippen molar-refractivity contribution in [1.82, 2.24) is 15.5 Å². The fourth-order valence-electron chi connectivity index (χ4n) is 3.88. The lowest BCUT2D eigenvalue weighted by Gasteiger charge is -2.34. The van der Waals surface area contributed by atoms with E-state index in [-0.39, 0.29) is 5.82 Å². The van der Waals surface area contributed by atoms with Crippen LogP contribution in [0.25, 0.3) is 0 Å². The maximum atomic E-state index is 13.2. The highest BCUT2D eigenvalue weighted by Crippen LogP contribution is 2.19. The molecule has 3 rings (SSSR count). The summed E-state index contributed by atoms with van der Waals surface area (Å²) in [7, 11) is 0. The first-order chi connectivity index (χ1) is 13.6. The Bertz CT molecular complexity index is 643. The van der Waals surface area contributed by atoms with Crippen LogP contribution in [-0.4, -0.2) is 62.8 Å². The number of hydrogen-bond acceptors (Lipinski definition) is 3. The second kappa shape index (κ2) is 11.0. The van der Waals surface area contributed by atoms with Gasteiger partial charge in [0.2, 0.25) is 0 Å². The van der Waals surface area contributed by atoms with Gasteiger partial charge in [-0.05, 0) is 56.2 Å². The van der Waals surface area contributed by atoms with E-state index in [1.165, 1.54) is 25.1 Å². The summed E-state index contributed by atoms with van der Waals surface area (Å²) in [6.45, 7) is 8.77. The fourth-order valence-corrected chi connectivity index (χ4v) is 4.14. The van der Waals surface area contributed by atoms with Crippen molar-refractivity contribution in [3.63, 3.8) is 0 Å². The standard InChI is InChI=1S/C21H32ClFN4O/c1-2-24-21(25-9-5-17-3-4-18(23)13-20(17)22)26-19-6-10-27(11-7-19)14-16-8-12-28-15-16/h3-4,13,16,19H,2,5-12,14-15H2,1H3,(H2,24,25,26). The molecule has 0 amide bonds. The van der Waals surface area contributed by atoms with Crippen LogP contribution in [0, 0.1) is 11.7 Å². The van der Waals surface area contributed by atoms with Gasteiger partial charge in [0.25, 0.3) is 0 Å². The van der Waals surface area contributed by atoms with Crippen molar-refractivity contribution >= 4 is 17.6 Å². The molecule has 0 aliphatic carbocycles. The molecule has 28 heavy (non-hydrogen) atoms. The lowest BCUT2D eigenvalue weighted by atomic mass is 10.0. The number of rotatable bonds is 7. The summed E-state index contributed by atoms with van der Waals surface area (Å²) in [5, 5.41) is 7.37. The Morgan fingerprint density at radius 2 is 2.14 bits per heavy atom. The molecule has 0 bridgehead atoms. The van der Waals surface area contributed by atoms with Gasteiger partial charge in [-0.25, -0.2) is 4.39 Å². The zero-order chi connectivity index (χ0) is 19.8. The third kappa shape index (κ3) is 6.61. The molecular weight excluding hydrogens is 379 g/mol. The van der Waals surface area contributed by atoms with Crippen molar-refractivity contribution in [3.05, 3.63) is 34.6 Å². The van der Waals surface area contributed by atoms with Crippen LogP contribution >= 0.6 is 11.6 Å². The molecule has 0 spiro atoms. The molecule has 156 valence electrons. The molecule has 1 aromatic rings. The lowest BCUT2D eigenvalue weighted by Crippen LogP contribution is -2.49. The molecule has 1 unspecified atom stereocenters. The highest BCUT2D eigenvalue weighted by Gasteiger charge is 2.24. The minimum absolute atomic E-state index is 0.306. The molecule has 1 atom stereocenters. The van der Waals surface area contributed by atoms with Gasteiger partial charge >= 0.3 is 0 Å². The minimum Gasteiger partial charge on any atom is -0.381 e. The molecule has 2 saturated heterocycles. The van der Waals surface area contributed by atoms with E-state index in [2.05, 4.69) is 27.4 Å². The Labute approximate surface area is 172 Å². The molecule has 0 aromatic heterocycles. The zero-order valence-corrected chi connectivity index (χ0v) is 17.5. The molecular formula is C21H32ClFN4O. The number of nitrogens with one attached hydrogen (secondary N) is 2. The second-order valence-corrected chi connectivity index (χ2v) is 8.10. The number of nitrogens with zero attached hydrogens (tertiary/aromatic N) is 2. The van der Waals surface area contributed by atoms with Crippen LogP contribution < -0.4 is 10.6 Å². The van der Waals surface area contributed by atoms with E-state index >= 15 is 0 Å². The third-order valence-corrected chi connectivity index (χ3v) is 5.83. The summed E-state index contributed by atoms with van der Waals surface area (Å²) in [6.07, 6.45) is 4.15. The number of likely N-dealkylation sites (tertiary alicyclic amines) is 1. The van der Waals surface area contributed by atoms with E-state index in [1.54, 1.807) is 6.07 Å². The van der Waals surface area contributed by atoms with Crippen LogP contribution in [0.3, 0.4) is 0 Å². The van der Waals surface area contributed by atoms with Crippen LogP contribution in [0.4, 0.5) is 4.39 Å². The topological polar surface area (TPSA) is 48.9 Å².